The molecule has 0 saturated heterocycles. The lowest BCUT2D eigenvalue weighted by molar-refractivity contribution is -0.139. The molecule has 0 radical (unpaired) electrons. The molecule has 0 fully saturated rings. The van der Waals surface area contributed by atoms with E-state index in [1.807, 2.05) is 45.9 Å². The van der Waals surface area contributed by atoms with Gasteiger partial charge < -0.3 is 15.4 Å². The van der Waals surface area contributed by atoms with Crippen molar-refractivity contribution in [2.24, 2.45) is 5.92 Å². The number of carbonyl (C=O) groups excluding carboxylic acids is 3. The molecule has 7 heteroatoms. The molecular formula is C27H41N3O4. The summed E-state index contributed by atoms with van der Waals surface area (Å²) in [7, 11) is 0. The molecule has 3 amide bonds. The number of alkyl carbamates (subject to hydrolysis) is 1. The van der Waals surface area contributed by atoms with Gasteiger partial charge in [0.2, 0.25) is 5.91 Å². The molecule has 0 aromatic heterocycles. The summed E-state index contributed by atoms with van der Waals surface area (Å²) in [4.78, 5) is 40.6. The van der Waals surface area contributed by atoms with Crippen molar-refractivity contribution in [2.45, 2.75) is 98.9 Å². The number of nitrogens with one attached hydrogen (secondary N) is 2. The third kappa shape index (κ3) is 8.40. The summed E-state index contributed by atoms with van der Waals surface area (Å²) in [5.74, 6) is -1.21. The topological polar surface area (TPSA) is 87.7 Å². The highest BCUT2D eigenvalue weighted by molar-refractivity contribution is 5.93. The van der Waals surface area contributed by atoms with Crippen molar-refractivity contribution in [3.63, 3.8) is 0 Å². The maximum absolute atomic E-state index is 13.7. The molecule has 7 nitrogen and oxygen atoms in total. The van der Waals surface area contributed by atoms with E-state index >= 15 is 0 Å². The monoisotopic (exact) mass is 471 g/mol. The van der Waals surface area contributed by atoms with Crippen LogP contribution in [0.15, 0.2) is 18.2 Å². The number of aryl methyl sites for hydroxylation is 2. The predicted octanol–water partition coefficient (Wildman–Crippen LogP) is 4.62. The predicted molar refractivity (Wildman–Crippen MR) is 135 cm³/mol. The van der Waals surface area contributed by atoms with E-state index in [2.05, 4.69) is 16.7 Å². The van der Waals surface area contributed by atoms with Crippen LogP contribution < -0.4 is 10.6 Å². The molecule has 0 aliphatic rings. The standard InChI is InChI=1S/C27H41N3O4/c1-11-13-20(7)28-24(31)23(21-15-14-18(5)16-19(21)6)30(12-2)25(32)22(17(3)4)29-26(33)34-27(8,9)10/h2,14-17,20,22-23H,11,13H2,1,3-10H3,(H,28,31)(H,29,33). The molecule has 188 valence electrons. The molecule has 1 rings (SSSR count). The Morgan fingerprint density at radius 2 is 1.74 bits per heavy atom. The van der Waals surface area contributed by atoms with Crippen LogP contribution in [0, 0.1) is 32.2 Å². The number of benzene rings is 1. The molecule has 3 atom stereocenters. The van der Waals surface area contributed by atoms with Gasteiger partial charge in [0, 0.05) is 12.1 Å². The Balaban J connectivity index is 3.42. The van der Waals surface area contributed by atoms with Crippen LogP contribution in [0.25, 0.3) is 0 Å². The average Bonchev–Trinajstić information content (AvgIpc) is 2.69. The van der Waals surface area contributed by atoms with E-state index in [0.29, 0.717) is 5.56 Å². The Morgan fingerprint density at radius 3 is 2.21 bits per heavy atom. The summed E-state index contributed by atoms with van der Waals surface area (Å²) in [6.45, 7) is 16.6. The fraction of sp³-hybridized carbons (Fsp3) is 0.593. The van der Waals surface area contributed by atoms with Gasteiger partial charge >= 0.3 is 6.09 Å². The summed E-state index contributed by atoms with van der Waals surface area (Å²) in [6.07, 6.45) is 6.80. The Kier molecular flexibility index (Phi) is 10.6. The fourth-order valence-electron chi connectivity index (χ4n) is 3.72. The van der Waals surface area contributed by atoms with Crippen LogP contribution in [0.5, 0.6) is 0 Å². The second-order valence-corrected chi connectivity index (χ2v) is 10.2. The highest BCUT2D eigenvalue weighted by Crippen LogP contribution is 2.27. The molecule has 0 heterocycles. The molecule has 3 unspecified atom stereocenters. The molecule has 0 aliphatic heterocycles. The summed E-state index contributed by atoms with van der Waals surface area (Å²) in [6, 6.07) is 5.97. The van der Waals surface area contributed by atoms with Gasteiger partial charge in [-0.2, -0.15) is 0 Å². The molecular weight excluding hydrogens is 430 g/mol. The van der Waals surface area contributed by atoms with Crippen LogP contribution in [0.4, 0.5) is 4.79 Å². The number of ether oxygens (including phenoxy) is 1. The second kappa shape index (κ2) is 12.5. The van der Waals surface area contributed by atoms with Crippen LogP contribution >= 0.6 is 0 Å². The molecule has 0 bridgehead atoms. The van der Waals surface area contributed by atoms with Gasteiger partial charge in [0.1, 0.15) is 17.7 Å². The maximum Gasteiger partial charge on any atom is 0.408 e. The molecule has 0 saturated carbocycles. The quantitative estimate of drug-likeness (QED) is 0.406. The van der Waals surface area contributed by atoms with Crippen LogP contribution in [0.3, 0.4) is 0 Å². The number of amides is 3. The summed E-state index contributed by atoms with van der Waals surface area (Å²) >= 11 is 0. The average molecular weight is 472 g/mol. The van der Waals surface area contributed by atoms with E-state index in [4.69, 9.17) is 11.2 Å². The largest absolute Gasteiger partial charge is 0.444 e. The lowest BCUT2D eigenvalue weighted by atomic mass is 9.95. The van der Waals surface area contributed by atoms with Gasteiger partial charge in [-0.1, -0.05) is 57.4 Å². The van der Waals surface area contributed by atoms with Gasteiger partial charge in [-0.25, -0.2) is 4.79 Å². The van der Waals surface area contributed by atoms with E-state index < -0.39 is 29.7 Å². The van der Waals surface area contributed by atoms with E-state index in [1.54, 1.807) is 34.6 Å². The number of terminal acetylenes is 1. The summed E-state index contributed by atoms with van der Waals surface area (Å²) in [5, 5.41) is 5.63. The number of carbonyl (C=O) groups is 3. The van der Waals surface area contributed by atoms with Crippen molar-refractivity contribution in [1.82, 2.24) is 15.5 Å². The van der Waals surface area contributed by atoms with E-state index in [-0.39, 0.29) is 17.9 Å². The van der Waals surface area contributed by atoms with Gasteiger partial charge in [0.15, 0.2) is 0 Å². The van der Waals surface area contributed by atoms with Crippen molar-refractivity contribution >= 4 is 17.9 Å². The van der Waals surface area contributed by atoms with Crippen LogP contribution in [0.1, 0.15) is 84.0 Å². The minimum absolute atomic E-state index is 0.0822. The number of rotatable bonds is 9. The third-order valence-corrected chi connectivity index (χ3v) is 5.32. The molecule has 2 N–H and O–H groups in total. The minimum Gasteiger partial charge on any atom is -0.444 e. The van der Waals surface area contributed by atoms with Crippen molar-refractivity contribution in [1.29, 1.82) is 0 Å². The van der Waals surface area contributed by atoms with Crippen molar-refractivity contribution in [3.05, 3.63) is 34.9 Å². The second-order valence-electron chi connectivity index (χ2n) is 10.2. The smallest absolute Gasteiger partial charge is 0.408 e. The van der Waals surface area contributed by atoms with E-state index in [9.17, 15) is 14.4 Å². The highest BCUT2D eigenvalue weighted by Gasteiger charge is 2.38. The zero-order valence-electron chi connectivity index (χ0n) is 22.1. The highest BCUT2D eigenvalue weighted by atomic mass is 16.6. The van der Waals surface area contributed by atoms with E-state index in [1.165, 1.54) is 0 Å². The first kappa shape index (κ1) is 29.0. The van der Waals surface area contributed by atoms with E-state index in [0.717, 1.165) is 28.9 Å². The Morgan fingerprint density at radius 1 is 1.12 bits per heavy atom. The number of hydrogen-bond acceptors (Lipinski definition) is 4. The normalized spacial score (nSPS) is 13.9. The van der Waals surface area contributed by atoms with Gasteiger partial charge in [-0.15, -0.1) is 0 Å². The fourth-order valence-corrected chi connectivity index (χ4v) is 3.72. The lowest BCUT2D eigenvalue weighted by Gasteiger charge is -2.33. The Hall–Kier alpha value is -3.01. The molecule has 0 spiro atoms. The first-order valence-electron chi connectivity index (χ1n) is 11.9. The third-order valence-electron chi connectivity index (χ3n) is 5.32. The van der Waals surface area contributed by atoms with Crippen LogP contribution in [0.2, 0.25) is 0 Å². The summed E-state index contributed by atoms with van der Waals surface area (Å²) in [5.41, 5.74) is 1.79. The van der Waals surface area contributed by atoms with Gasteiger partial charge in [-0.3, -0.25) is 14.5 Å². The Labute approximate surface area is 205 Å². The first-order valence-corrected chi connectivity index (χ1v) is 11.9. The molecule has 0 aliphatic carbocycles. The molecule has 1 aromatic rings. The van der Waals surface area contributed by atoms with Crippen molar-refractivity contribution < 1.29 is 19.1 Å². The maximum atomic E-state index is 13.7. The van der Waals surface area contributed by atoms with Crippen LogP contribution in [-0.2, 0) is 14.3 Å². The zero-order valence-corrected chi connectivity index (χ0v) is 22.1. The zero-order chi connectivity index (χ0) is 26.2. The van der Waals surface area contributed by atoms with Crippen molar-refractivity contribution in [2.75, 3.05) is 0 Å². The molecule has 1 aromatic carbocycles. The first-order chi connectivity index (χ1) is 15.7. The SMILES string of the molecule is C#CN(C(=O)C(NC(=O)OC(C)(C)C)C(C)C)C(C(=O)NC(C)CCC)c1ccc(C)cc1C. The number of nitrogens with zero attached hydrogens (tertiary/aromatic N) is 1. The van der Waals surface area contributed by atoms with Crippen LogP contribution in [-0.4, -0.2) is 40.5 Å². The van der Waals surface area contributed by atoms with Gasteiger partial charge in [-0.05, 0) is 65.0 Å². The number of hydrogen-bond donors (Lipinski definition) is 2. The van der Waals surface area contributed by atoms with Gasteiger partial charge in [0.05, 0.1) is 0 Å². The van der Waals surface area contributed by atoms with Gasteiger partial charge in [0.25, 0.3) is 5.91 Å². The lowest BCUT2D eigenvalue weighted by Crippen LogP contribution is -2.54. The minimum atomic E-state index is -1.04. The Bertz CT molecular complexity index is 911. The van der Waals surface area contributed by atoms with Crippen molar-refractivity contribution in [3.8, 4) is 12.5 Å². The summed E-state index contributed by atoms with van der Waals surface area (Å²) < 4.78 is 5.33. The molecule has 34 heavy (non-hydrogen) atoms.